The third kappa shape index (κ3) is 3.62. The van der Waals surface area contributed by atoms with Gasteiger partial charge in [-0.1, -0.05) is 60.1 Å². The van der Waals surface area contributed by atoms with E-state index >= 15 is 0 Å². The van der Waals surface area contributed by atoms with E-state index in [-0.39, 0.29) is 0 Å². The van der Waals surface area contributed by atoms with Crippen LogP contribution < -0.4 is 5.32 Å². The smallest absolute Gasteiger partial charge is 0.228 e. The summed E-state index contributed by atoms with van der Waals surface area (Å²) in [4.78, 5) is 8.81. The average Bonchev–Trinajstić information content (AvgIpc) is 2.50. The lowest BCUT2D eigenvalue weighted by Gasteiger charge is -2.09. The molecular formula is C18H16ClN3. The van der Waals surface area contributed by atoms with Gasteiger partial charge >= 0.3 is 0 Å². The quantitative estimate of drug-likeness (QED) is 0.705. The molecule has 3 nitrogen and oxygen atoms in total. The summed E-state index contributed by atoms with van der Waals surface area (Å²) >= 11 is 6.13. The van der Waals surface area contributed by atoms with Crippen molar-refractivity contribution >= 4 is 23.2 Å². The minimum Gasteiger partial charge on any atom is -0.324 e. The predicted octanol–water partition coefficient (Wildman–Crippen LogP) is 4.77. The molecule has 0 amide bonds. The molecule has 4 heteroatoms. The Morgan fingerprint density at radius 2 is 1.68 bits per heavy atom. The van der Waals surface area contributed by atoms with Crippen molar-refractivity contribution in [1.29, 1.82) is 0 Å². The second kappa shape index (κ2) is 6.58. The molecule has 0 aliphatic carbocycles. The maximum absolute atomic E-state index is 6.13. The minimum atomic E-state index is 0.442. The zero-order valence-corrected chi connectivity index (χ0v) is 13.0. The van der Waals surface area contributed by atoms with Crippen LogP contribution in [0.2, 0.25) is 5.15 Å². The number of anilines is 2. The summed E-state index contributed by atoms with van der Waals surface area (Å²) in [5.74, 6) is 0.521. The van der Waals surface area contributed by atoms with Gasteiger partial charge in [0.2, 0.25) is 5.95 Å². The summed E-state index contributed by atoms with van der Waals surface area (Å²) in [5, 5.41) is 3.67. The number of halogens is 1. The fraction of sp³-hybridized carbons (Fsp3) is 0.111. The summed E-state index contributed by atoms with van der Waals surface area (Å²) in [7, 11) is 0. The second-order valence-electron chi connectivity index (χ2n) is 5.11. The van der Waals surface area contributed by atoms with Crippen LogP contribution in [0.4, 0.5) is 11.6 Å². The lowest BCUT2D eigenvalue weighted by molar-refractivity contribution is 1.03. The first-order valence-electron chi connectivity index (χ1n) is 7.11. The van der Waals surface area contributed by atoms with Crippen molar-refractivity contribution in [2.45, 2.75) is 13.3 Å². The summed E-state index contributed by atoms with van der Waals surface area (Å²) in [6.07, 6.45) is 0.728. The van der Waals surface area contributed by atoms with Crippen molar-refractivity contribution in [1.82, 2.24) is 9.97 Å². The maximum Gasteiger partial charge on any atom is 0.228 e. The Kier molecular flexibility index (Phi) is 4.35. The van der Waals surface area contributed by atoms with E-state index in [9.17, 15) is 0 Å². The third-order valence-corrected chi connectivity index (χ3v) is 3.56. The van der Waals surface area contributed by atoms with Crippen LogP contribution in [0.3, 0.4) is 0 Å². The van der Waals surface area contributed by atoms with Crippen molar-refractivity contribution in [3.05, 3.63) is 82.6 Å². The maximum atomic E-state index is 6.13. The van der Waals surface area contributed by atoms with Gasteiger partial charge in [0.25, 0.3) is 0 Å². The zero-order valence-electron chi connectivity index (χ0n) is 12.3. The van der Waals surface area contributed by atoms with Gasteiger partial charge in [0, 0.05) is 12.1 Å². The Bertz CT molecular complexity index is 772. The summed E-state index contributed by atoms with van der Waals surface area (Å²) in [5.41, 5.74) is 4.20. The van der Waals surface area contributed by atoms with Gasteiger partial charge < -0.3 is 5.32 Å². The highest BCUT2D eigenvalue weighted by molar-refractivity contribution is 6.29. The Balaban J connectivity index is 1.85. The lowest BCUT2D eigenvalue weighted by Crippen LogP contribution is -2.02. The number of nitrogens with one attached hydrogen (secondary N) is 1. The summed E-state index contributed by atoms with van der Waals surface area (Å²) in [6, 6.07) is 20.0. The molecular weight excluding hydrogens is 294 g/mol. The van der Waals surface area contributed by atoms with Crippen LogP contribution >= 0.6 is 11.6 Å². The van der Waals surface area contributed by atoms with E-state index in [1.807, 2.05) is 49.4 Å². The Morgan fingerprint density at radius 1 is 0.955 bits per heavy atom. The molecule has 0 saturated carbocycles. The van der Waals surface area contributed by atoms with Crippen LogP contribution in [-0.4, -0.2) is 9.97 Å². The molecule has 1 aromatic heterocycles. The van der Waals surface area contributed by atoms with E-state index in [4.69, 9.17) is 11.6 Å². The largest absolute Gasteiger partial charge is 0.324 e. The number of benzene rings is 2. The molecule has 3 aromatic rings. The van der Waals surface area contributed by atoms with Crippen molar-refractivity contribution < 1.29 is 0 Å². The highest BCUT2D eigenvalue weighted by Crippen LogP contribution is 2.20. The van der Waals surface area contributed by atoms with Crippen molar-refractivity contribution in [3.8, 4) is 0 Å². The molecule has 2 aromatic carbocycles. The molecule has 0 atom stereocenters. The zero-order chi connectivity index (χ0) is 15.4. The van der Waals surface area contributed by atoms with Gasteiger partial charge in [-0.3, -0.25) is 0 Å². The van der Waals surface area contributed by atoms with E-state index in [2.05, 4.69) is 27.4 Å². The highest BCUT2D eigenvalue weighted by Gasteiger charge is 2.06. The SMILES string of the molecule is Cc1ccccc1Nc1nc(Cl)cc(Cc2ccccc2)n1. The summed E-state index contributed by atoms with van der Waals surface area (Å²) < 4.78 is 0. The number of rotatable bonds is 4. The van der Waals surface area contributed by atoms with Crippen LogP contribution in [-0.2, 0) is 6.42 Å². The van der Waals surface area contributed by atoms with Crippen molar-refractivity contribution in [3.63, 3.8) is 0 Å². The molecule has 0 bridgehead atoms. The molecule has 0 radical (unpaired) electrons. The van der Waals surface area contributed by atoms with E-state index in [1.54, 1.807) is 6.07 Å². The molecule has 0 aliphatic heterocycles. The molecule has 1 heterocycles. The molecule has 0 unspecified atom stereocenters. The topological polar surface area (TPSA) is 37.8 Å². The fourth-order valence-electron chi connectivity index (χ4n) is 2.25. The van der Waals surface area contributed by atoms with E-state index in [0.717, 1.165) is 23.4 Å². The van der Waals surface area contributed by atoms with E-state index in [1.165, 1.54) is 5.56 Å². The monoisotopic (exact) mass is 309 g/mol. The number of aromatic nitrogens is 2. The minimum absolute atomic E-state index is 0.442. The number of hydrogen-bond donors (Lipinski definition) is 1. The van der Waals surface area contributed by atoms with Crippen LogP contribution in [0.25, 0.3) is 0 Å². The summed E-state index contributed by atoms with van der Waals surface area (Å²) in [6.45, 7) is 2.04. The molecule has 110 valence electrons. The first-order chi connectivity index (χ1) is 10.7. The van der Waals surface area contributed by atoms with Gasteiger partial charge in [-0.15, -0.1) is 0 Å². The first-order valence-corrected chi connectivity index (χ1v) is 7.48. The van der Waals surface area contributed by atoms with Gasteiger partial charge in [-0.25, -0.2) is 9.97 Å². The molecule has 22 heavy (non-hydrogen) atoms. The van der Waals surface area contributed by atoms with Crippen LogP contribution in [0, 0.1) is 6.92 Å². The van der Waals surface area contributed by atoms with Crippen molar-refractivity contribution in [2.75, 3.05) is 5.32 Å². The highest BCUT2D eigenvalue weighted by atomic mass is 35.5. The first kappa shape index (κ1) is 14.5. The normalized spacial score (nSPS) is 10.5. The molecule has 0 fully saturated rings. The third-order valence-electron chi connectivity index (χ3n) is 3.37. The van der Waals surface area contributed by atoms with Gasteiger partial charge in [0.1, 0.15) is 5.15 Å². The molecule has 0 aliphatic rings. The standard InChI is InChI=1S/C18H16ClN3/c1-13-7-5-6-10-16(13)21-18-20-15(12-17(19)22-18)11-14-8-3-2-4-9-14/h2-10,12H,11H2,1H3,(H,20,21,22). The average molecular weight is 310 g/mol. The van der Waals surface area contributed by atoms with Gasteiger partial charge in [-0.05, 0) is 30.2 Å². The van der Waals surface area contributed by atoms with Crippen LogP contribution in [0.15, 0.2) is 60.7 Å². The Labute approximate surface area is 135 Å². The van der Waals surface area contributed by atoms with Gasteiger partial charge in [-0.2, -0.15) is 0 Å². The van der Waals surface area contributed by atoms with Gasteiger partial charge in [0.15, 0.2) is 0 Å². The molecule has 1 N–H and O–H groups in total. The van der Waals surface area contributed by atoms with Crippen molar-refractivity contribution in [2.24, 2.45) is 0 Å². The lowest BCUT2D eigenvalue weighted by atomic mass is 10.1. The van der Waals surface area contributed by atoms with Crippen LogP contribution in [0.1, 0.15) is 16.8 Å². The number of hydrogen-bond acceptors (Lipinski definition) is 3. The Morgan fingerprint density at radius 3 is 2.45 bits per heavy atom. The van der Waals surface area contributed by atoms with Crippen LogP contribution in [0.5, 0.6) is 0 Å². The van der Waals surface area contributed by atoms with E-state index < -0.39 is 0 Å². The van der Waals surface area contributed by atoms with E-state index in [0.29, 0.717) is 11.1 Å². The molecule has 3 rings (SSSR count). The predicted molar refractivity (Wildman–Crippen MR) is 90.8 cm³/mol. The number of aryl methyl sites for hydroxylation is 1. The number of para-hydroxylation sites is 1. The molecule has 0 spiro atoms. The van der Waals surface area contributed by atoms with Gasteiger partial charge in [0.05, 0.1) is 5.69 Å². The molecule has 0 saturated heterocycles. The fourth-order valence-corrected chi connectivity index (χ4v) is 2.46. The number of nitrogens with zero attached hydrogens (tertiary/aromatic N) is 2. The second-order valence-corrected chi connectivity index (χ2v) is 5.50. The Hall–Kier alpha value is -2.39.